The van der Waals surface area contributed by atoms with Crippen LogP contribution in [0.15, 0.2) is 18.2 Å². The van der Waals surface area contributed by atoms with E-state index in [0.717, 1.165) is 18.1 Å². The number of fused-ring (bicyclic) bond motifs is 1. The van der Waals surface area contributed by atoms with Crippen LogP contribution in [0.1, 0.15) is 37.4 Å². The molecule has 3 atom stereocenters. The quantitative estimate of drug-likeness (QED) is 0.839. The molecule has 18 heavy (non-hydrogen) atoms. The summed E-state index contributed by atoms with van der Waals surface area (Å²) < 4.78 is 0. The molecule has 1 saturated heterocycles. The molecule has 1 aliphatic carbocycles. The molecule has 1 fully saturated rings. The van der Waals surface area contributed by atoms with Crippen LogP contribution in [-0.4, -0.2) is 30.1 Å². The molecule has 0 bridgehead atoms. The molecular formula is C15H21ClN2. The summed E-state index contributed by atoms with van der Waals surface area (Å²) in [6.07, 6.45) is 2.42. The van der Waals surface area contributed by atoms with Crippen LogP contribution < -0.4 is 5.32 Å². The minimum absolute atomic E-state index is 0.594. The molecule has 3 unspecified atom stereocenters. The Kier molecular flexibility index (Phi) is 3.35. The number of hydrogen-bond acceptors (Lipinski definition) is 2. The maximum Gasteiger partial charge on any atom is 0.0408 e. The molecule has 2 nitrogen and oxygen atoms in total. The highest BCUT2D eigenvalue weighted by Gasteiger charge is 2.33. The van der Waals surface area contributed by atoms with Crippen molar-refractivity contribution in [3.8, 4) is 0 Å². The van der Waals surface area contributed by atoms with Gasteiger partial charge >= 0.3 is 0 Å². The summed E-state index contributed by atoms with van der Waals surface area (Å²) in [7, 11) is 0. The molecule has 1 aliphatic heterocycles. The first-order valence-electron chi connectivity index (χ1n) is 6.92. The molecule has 0 aromatic heterocycles. The summed E-state index contributed by atoms with van der Waals surface area (Å²) in [5, 5.41) is 4.43. The number of rotatable bonds is 1. The maximum atomic E-state index is 6.09. The van der Waals surface area contributed by atoms with Gasteiger partial charge in [0.15, 0.2) is 0 Å². The summed E-state index contributed by atoms with van der Waals surface area (Å²) in [6.45, 7) is 6.85. The van der Waals surface area contributed by atoms with Crippen LogP contribution in [0.3, 0.4) is 0 Å². The lowest BCUT2D eigenvalue weighted by molar-refractivity contribution is 0.0950. The summed E-state index contributed by atoms with van der Waals surface area (Å²) in [6, 6.07) is 8.22. The zero-order valence-corrected chi connectivity index (χ0v) is 11.9. The Balaban J connectivity index is 1.86. The molecule has 0 radical (unpaired) electrons. The minimum atomic E-state index is 0.594. The Bertz CT molecular complexity index is 446. The first-order valence-corrected chi connectivity index (χ1v) is 7.30. The van der Waals surface area contributed by atoms with Crippen LogP contribution in [0.4, 0.5) is 0 Å². The van der Waals surface area contributed by atoms with Crippen molar-refractivity contribution in [2.45, 2.75) is 44.8 Å². The van der Waals surface area contributed by atoms with Gasteiger partial charge in [-0.05, 0) is 49.9 Å². The highest BCUT2D eigenvalue weighted by molar-refractivity contribution is 6.30. The molecule has 1 aromatic rings. The van der Waals surface area contributed by atoms with E-state index in [0.29, 0.717) is 18.1 Å². The monoisotopic (exact) mass is 264 g/mol. The van der Waals surface area contributed by atoms with Gasteiger partial charge in [0, 0.05) is 36.2 Å². The third-order valence-electron chi connectivity index (χ3n) is 4.36. The summed E-state index contributed by atoms with van der Waals surface area (Å²) in [4.78, 5) is 2.67. The number of benzene rings is 1. The van der Waals surface area contributed by atoms with Crippen molar-refractivity contribution in [3.05, 3.63) is 34.3 Å². The number of aryl methyl sites for hydroxylation is 1. The zero-order chi connectivity index (χ0) is 12.7. The Morgan fingerprint density at radius 2 is 2.17 bits per heavy atom. The van der Waals surface area contributed by atoms with Gasteiger partial charge in [0.25, 0.3) is 0 Å². The molecule has 2 aliphatic rings. The Labute approximate surface area is 114 Å². The van der Waals surface area contributed by atoms with E-state index in [-0.39, 0.29) is 0 Å². The third kappa shape index (κ3) is 2.18. The van der Waals surface area contributed by atoms with Gasteiger partial charge in [-0.1, -0.05) is 17.7 Å². The smallest absolute Gasteiger partial charge is 0.0408 e. The molecule has 98 valence electrons. The van der Waals surface area contributed by atoms with Crippen molar-refractivity contribution in [1.82, 2.24) is 10.2 Å². The summed E-state index contributed by atoms with van der Waals surface area (Å²) in [5.74, 6) is 0. The van der Waals surface area contributed by atoms with Gasteiger partial charge in [-0.3, -0.25) is 4.90 Å². The van der Waals surface area contributed by atoms with Gasteiger partial charge < -0.3 is 5.32 Å². The van der Waals surface area contributed by atoms with Gasteiger partial charge in [-0.2, -0.15) is 0 Å². The number of piperazine rings is 1. The molecule has 3 rings (SSSR count). The average molecular weight is 265 g/mol. The Hall–Kier alpha value is -0.570. The van der Waals surface area contributed by atoms with Crippen molar-refractivity contribution >= 4 is 11.6 Å². The largest absolute Gasteiger partial charge is 0.311 e. The highest BCUT2D eigenvalue weighted by atomic mass is 35.5. The van der Waals surface area contributed by atoms with Crippen molar-refractivity contribution in [2.24, 2.45) is 0 Å². The standard InChI is InChI=1S/C15H21ClN2/c1-10-9-18(11(2)8-17-10)15-6-3-12-7-13(16)4-5-14(12)15/h4-5,7,10-11,15,17H,3,6,8-9H2,1-2H3. The van der Waals surface area contributed by atoms with E-state index in [1.54, 1.807) is 0 Å². The average Bonchev–Trinajstić information content (AvgIpc) is 2.75. The van der Waals surface area contributed by atoms with Crippen molar-refractivity contribution in [1.29, 1.82) is 0 Å². The molecule has 0 amide bonds. The van der Waals surface area contributed by atoms with E-state index in [2.05, 4.69) is 36.2 Å². The molecule has 3 heteroatoms. The molecule has 0 spiro atoms. The van der Waals surface area contributed by atoms with E-state index < -0.39 is 0 Å². The lowest BCUT2D eigenvalue weighted by atomic mass is 10.0. The fourth-order valence-corrected chi connectivity index (χ4v) is 3.59. The normalized spacial score (nSPS) is 32.5. The van der Waals surface area contributed by atoms with Crippen LogP contribution in [-0.2, 0) is 6.42 Å². The van der Waals surface area contributed by atoms with Crippen molar-refractivity contribution in [3.63, 3.8) is 0 Å². The maximum absolute atomic E-state index is 6.09. The first-order chi connectivity index (χ1) is 8.65. The summed E-state index contributed by atoms with van der Waals surface area (Å²) in [5.41, 5.74) is 2.95. The first kappa shape index (κ1) is 12.5. The highest BCUT2D eigenvalue weighted by Crippen LogP contribution is 2.38. The van der Waals surface area contributed by atoms with E-state index >= 15 is 0 Å². The van der Waals surface area contributed by atoms with Crippen LogP contribution in [0.5, 0.6) is 0 Å². The second-order valence-corrected chi connectivity index (χ2v) is 6.19. The number of halogens is 1. The van der Waals surface area contributed by atoms with Gasteiger partial charge in [-0.25, -0.2) is 0 Å². The Morgan fingerprint density at radius 3 is 3.00 bits per heavy atom. The van der Waals surface area contributed by atoms with Crippen LogP contribution >= 0.6 is 11.6 Å². The zero-order valence-electron chi connectivity index (χ0n) is 11.1. The molecule has 1 N–H and O–H groups in total. The predicted molar refractivity (Wildman–Crippen MR) is 76.1 cm³/mol. The van der Waals surface area contributed by atoms with E-state index in [4.69, 9.17) is 11.6 Å². The Morgan fingerprint density at radius 1 is 1.33 bits per heavy atom. The minimum Gasteiger partial charge on any atom is -0.311 e. The van der Waals surface area contributed by atoms with Crippen molar-refractivity contribution < 1.29 is 0 Å². The van der Waals surface area contributed by atoms with Crippen molar-refractivity contribution in [2.75, 3.05) is 13.1 Å². The van der Waals surface area contributed by atoms with Gasteiger partial charge in [0.2, 0.25) is 0 Å². The summed E-state index contributed by atoms with van der Waals surface area (Å²) >= 11 is 6.09. The van der Waals surface area contributed by atoms with Crippen LogP contribution in [0, 0.1) is 0 Å². The lowest BCUT2D eigenvalue weighted by Gasteiger charge is -2.41. The van der Waals surface area contributed by atoms with Gasteiger partial charge in [-0.15, -0.1) is 0 Å². The van der Waals surface area contributed by atoms with E-state index in [9.17, 15) is 0 Å². The fraction of sp³-hybridized carbons (Fsp3) is 0.600. The molecular weight excluding hydrogens is 244 g/mol. The SMILES string of the molecule is CC1CN(C2CCc3cc(Cl)ccc32)C(C)CN1. The second kappa shape index (κ2) is 4.84. The van der Waals surface area contributed by atoms with E-state index in [1.807, 2.05) is 6.07 Å². The predicted octanol–water partition coefficient (Wildman–Crippen LogP) is 3.01. The van der Waals surface area contributed by atoms with Gasteiger partial charge in [0.05, 0.1) is 0 Å². The number of hydrogen-bond donors (Lipinski definition) is 1. The van der Waals surface area contributed by atoms with Crippen LogP contribution in [0.2, 0.25) is 5.02 Å². The molecule has 1 aromatic carbocycles. The van der Waals surface area contributed by atoms with Crippen LogP contribution in [0.25, 0.3) is 0 Å². The number of nitrogens with zero attached hydrogens (tertiary/aromatic N) is 1. The van der Waals surface area contributed by atoms with Gasteiger partial charge in [0.1, 0.15) is 0 Å². The molecule has 1 heterocycles. The fourth-order valence-electron chi connectivity index (χ4n) is 3.39. The molecule has 0 saturated carbocycles. The lowest BCUT2D eigenvalue weighted by Crippen LogP contribution is -2.54. The second-order valence-electron chi connectivity index (χ2n) is 5.75. The third-order valence-corrected chi connectivity index (χ3v) is 4.60. The number of nitrogens with one attached hydrogen (secondary N) is 1. The topological polar surface area (TPSA) is 15.3 Å². The van der Waals surface area contributed by atoms with E-state index in [1.165, 1.54) is 24.0 Å².